The van der Waals surface area contributed by atoms with Crippen LogP contribution in [-0.4, -0.2) is 25.1 Å². The standard InChI is InChI=1S/C13H14N2O4/c1-9(2)12(16)19-11-5-3-10(4-6-11)13(17)18-8-7-15-14/h3-6,14H,1,7-8H2,2H3. The van der Waals surface area contributed by atoms with Crippen LogP contribution < -0.4 is 4.74 Å². The highest BCUT2D eigenvalue weighted by Crippen LogP contribution is 2.14. The zero-order chi connectivity index (χ0) is 14.3. The average molecular weight is 262 g/mol. The number of benzene rings is 1. The van der Waals surface area contributed by atoms with E-state index in [0.29, 0.717) is 16.9 Å². The molecule has 1 aromatic rings. The number of hydrogen-bond acceptors (Lipinski definition) is 6. The van der Waals surface area contributed by atoms with Gasteiger partial charge in [-0.1, -0.05) is 6.58 Å². The van der Waals surface area contributed by atoms with Crippen LogP contribution >= 0.6 is 0 Å². The summed E-state index contributed by atoms with van der Waals surface area (Å²) in [5, 5.41) is 3.07. The summed E-state index contributed by atoms with van der Waals surface area (Å²) in [6.07, 6.45) is 0. The van der Waals surface area contributed by atoms with E-state index in [2.05, 4.69) is 11.7 Å². The smallest absolute Gasteiger partial charge is 0.338 e. The van der Waals surface area contributed by atoms with Gasteiger partial charge in [-0.25, -0.2) is 15.1 Å². The third kappa shape index (κ3) is 4.71. The molecule has 0 aromatic heterocycles. The molecule has 6 nitrogen and oxygen atoms in total. The van der Waals surface area contributed by atoms with Crippen molar-refractivity contribution in [3.63, 3.8) is 0 Å². The summed E-state index contributed by atoms with van der Waals surface area (Å²) in [4.78, 5) is 22.8. The molecule has 0 atom stereocenters. The molecule has 0 spiro atoms. The molecule has 1 N–H and O–H groups in total. The number of ether oxygens (including phenoxy) is 2. The van der Waals surface area contributed by atoms with E-state index >= 15 is 0 Å². The number of nitrogens with one attached hydrogen (secondary N) is 1. The Morgan fingerprint density at radius 2 is 1.95 bits per heavy atom. The highest BCUT2D eigenvalue weighted by molar-refractivity contribution is 5.90. The largest absolute Gasteiger partial charge is 0.460 e. The fourth-order valence-corrected chi connectivity index (χ4v) is 1.12. The molecule has 0 heterocycles. The summed E-state index contributed by atoms with van der Waals surface area (Å²) in [6, 6.07) is 5.96. The minimum absolute atomic E-state index is 0.0642. The van der Waals surface area contributed by atoms with Crippen LogP contribution in [-0.2, 0) is 9.53 Å². The van der Waals surface area contributed by atoms with Crippen LogP contribution in [0.5, 0.6) is 5.75 Å². The number of carbonyl (C=O) groups is 2. The van der Waals surface area contributed by atoms with Crippen LogP contribution in [0.2, 0.25) is 0 Å². The summed E-state index contributed by atoms with van der Waals surface area (Å²) in [6.45, 7) is 5.22. The van der Waals surface area contributed by atoms with Gasteiger partial charge in [0, 0.05) is 5.57 Å². The van der Waals surface area contributed by atoms with Crippen molar-refractivity contribution >= 4 is 11.9 Å². The fourth-order valence-electron chi connectivity index (χ4n) is 1.12. The van der Waals surface area contributed by atoms with Crippen molar-refractivity contribution in [1.82, 2.24) is 0 Å². The van der Waals surface area contributed by atoms with E-state index in [1.807, 2.05) is 0 Å². The summed E-state index contributed by atoms with van der Waals surface area (Å²) < 4.78 is 9.83. The maximum Gasteiger partial charge on any atom is 0.338 e. The molecule has 0 aliphatic heterocycles. The van der Waals surface area contributed by atoms with Crippen LogP contribution in [0.3, 0.4) is 0 Å². The number of carbonyl (C=O) groups excluding carboxylic acids is 2. The molecule has 0 bridgehead atoms. The molecule has 0 aliphatic carbocycles. The second-order valence-electron chi connectivity index (χ2n) is 3.71. The van der Waals surface area contributed by atoms with Gasteiger partial charge >= 0.3 is 11.9 Å². The highest BCUT2D eigenvalue weighted by Gasteiger charge is 2.09. The predicted molar refractivity (Wildman–Crippen MR) is 67.2 cm³/mol. The molecule has 1 rings (SSSR count). The van der Waals surface area contributed by atoms with Crippen LogP contribution in [0.1, 0.15) is 17.3 Å². The predicted octanol–water partition coefficient (Wildman–Crippen LogP) is 2.36. The van der Waals surface area contributed by atoms with Crippen molar-refractivity contribution in [2.24, 2.45) is 5.11 Å². The molecule has 0 unspecified atom stereocenters. The van der Waals surface area contributed by atoms with Gasteiger partial charge in [-0.2, -0.15) is 5.11 Å². The first-order valence-corrected chi connectivity index (χ1v) is 5.52. The van der Waals surface area contributed by atoms with Gasteiger partial charge in [0.05, 0.1) is 12.1 Å². The van der Waals surface area contributed by atoms with Gasteiger partial charge in [0.1, 0.15) is 12.4 Å². The molecule has 0 saturated carbocycles. The van der Waals surface area contributed by atoms with E-state index in [9.17, 15) is 9.59 Å². The summed E-state index contributed by atoms with van der Waals surface area (Å²) >= 11 is 0. The first kappa shape index (κ1) is 14.6. The van der Waals surface area contributed by atoms with Crippen molar-refractivity contribution < 1.29 is 19.1 Å². The SMILES string of the molecule is C=C(C)C(=O)Oc1ccc(C(=O)OCCN=N)cc1. The molecule has 100 valence electrons. The van der Waals surface area contributed by atoms with Crippen LogP contribution in [0, 0.1) is 5.53 Å². The Bertz CT molecular complexity index is 494. The average Bonchev–Trinajstić information content (AvgIpc) is 2.39. The molecule has 0 radical (unpaired) electrons. The Kier molecular flexibility index (Phi) is 5.40. The van der Waals surface area contributed by atoms with Crippen molar-refractivity contribution in [3.8, 4) is 5.75 Å². The molecule has 19 heavy (non-hydrogen) atoms. The lowest BCUT2D eigenvalue weighted by atomic mass is 10.2. The first-order valence-electron chi connectivity index (χ1n) is 5.52. The van der Waals surface area contributed by atoms with Gasteiger partial charge in [0.25, 0.3) is 0 Å². The van der Waals surface area contributed by atoms with Crippen molar-refractivity contribution in [3.05, 3.63) is 42.0 Å². The molecule has 0 aliphatic rings. The highest BCUT2D eigenvalue weighted by atomic mass is 16.5. The lowest BCUT2D eigenvalue weighted by Crippen LogP contribution is -2.09. The zero-order valence-electron chi connectivity index (χ0n) is 10.5. The second-order valence-corrected chi connectivity index (χ2v) is 3.71. The van der Waals surface area contributed by atoms with E-state index < -0.39 is 11.9 Å². The topological polar surface area (TPSA) is 88.8 Å². The molecular formula is C13H14N2O4. The normalized spacial score (nSPS) is 9.53. The minimum Gasteiger partial charge on any atom is -0.460 e. The van der Waals surface area contributed by atoms with Crippen LogP contribution in [0.25, 0.3) is 0 Å². The van der Waals surface area contributed by atoms with Gasteiger partial charge in [-0.3, -0.25) is 0 Å². The molecule has 6 heteroatoms. The second kappa shape index (κ2) is 7.05. The van der Waals surface area contributed by atoms with Gasteiger partial charge in [0.15, 0.2) is 0 Å². The molecule has 0 saturated heterocycles. The van der Waals surface area contributed by atoms with E-state index in [1.54, 1.807) is 6.92 Å². The minimum atomic E-state index is -0.521. The van der Waals surface area contributed by atoms with Gasteiger partial charge in [0.2, 0.25) is 0 Å². The molecule has 0 amide bonds. The van der Waals surface area contributed by atoms with E-state index in [4.69, 9.17) is 15.0 Å². The van der Waals surface area contributed by atoms with E-state index in [0.717, 1.165) is 0 Å². The van der Waals surface area contributed by atoms with Gasteiger partial charge < -0.3 is 9.47 Å². The quantitative estimate of drug-likeness (QED) is 0.280. The maximum absolute atomic E-state index is 11.5. The van der Waals surface area contributed by atoms with Crippen molar-refractivity contribution in [2.45, 2.75) is 6.92 Å². The number of hydrogen-bond donors (Lipinski definition) is 1. The van der Waals surface area contributed by atoms with Crippen molar-refractivity contribution in [2.75, 3.05) is 13.2 Å². The molecular weight excluding hydrogens is 248 g/mol. The third-order valence-electron chi connectivity index (χ3n) is 2.09. The number of nitrogens with zero attached hydrogens (tertiary/aromatic N) is 1. The van der Waals surface area contributed by atoms with E-state index in [-0.39, 0.29) is 13.2 Å². The monoisotopic (exact) mass is 262 g/mol. The maximum atomic E-state index is 11.5. The Labute approximate surface area is 110 Å². The number of rotatable bonds is 6. The lowest BCUT2D eigenvalue weighted by molar-refractivity contribution is -0.130. The van der Waals surface area contributed by atoms with E-state index in [1.165, 1.54) is 24.3 Å². The fraction of sp³-hybridized carbons (Fsp3) is 0.231. The zero-order valence-corrected chi connectivity index (χ0v) is 10.5. The Morgan fingerprint density at radius 3 is 2.47 bits per heavy atom. The van der Waals surface area contributed by atoms with Crippen LogP contribution in [0.15, 0.2) is 41.5 Å². The lowest BCUT2D eigenvalue weighted by Gasteiger charge is -2.05. The Morgan fingerprint density at radius 1 is 1.32 bits per heavy atom. The Hall–Kier alpha value is -2.50. The van der Waals surface area contributed by atoms with Gasteiger partial charge in [-0.15, -0.1) is 0 Å². The number of esters is 2. The Balaban J connectivity index is 2.60. The van der Waals surface area contributed by atoms with Crippen LogP contribution in [0.4, 0.5) is 0 Å². The molecule has 1 aromatic carbocycles. The molecule has 0 fully saturated rings. The van der Waals surface area contributed by atoms with Crippen molar-refractivity contribution in [1.29, 1.82) is 5.53 Å². The summed E-state index contributed by atoms with van der Waals surface area (Å²) in [7, 11) is 0. The summed E-state index contributed by atoms with van der Waals surface area (Å²) in [5.41, 5.74) is 7.19. The van der Waals surface area contributed by atoms with Gasteiger partial charge in [-0.05, 0) is 31.2 Å². The first-order chi connectivity index (χ1) is 9.04. The summed E-state index contributed by atoms with van der Waals surface area (Å²) in [5.74, 6) is -0.709. The third-order valence-corrected chi connectivity index (χ3v) is 2.09.